The minimum absolute atomic E-state index is 0.0845. The number of carbonyl (C=O) groups excluding carboxylic acids is 2. The maximum absolute atomic E-state index is 13.0. The number of anilines is 1. The van der Waals surface area contributed by atoms with Crippen molar-refractivity contribution < 1.29 is 14.5 Å². The van der Waals surface area contributed by atoms with Crippen molar-refractivity contribution in [1.29, 1.82) is 0 Å². The van der Waals surface area contributed by atoms with Crippen LogP contribution in [0.5, 0.6) is 0 Å². The first-order chi connectivity index (χ1) is 12.5. The minimum atomic E-state index is -0.516. The minimum Gasteiger partial charge on any atom is -0.268 e. The van der Waals surface area contributed by atoms with Crippen LogP contribution >= 0.6 is 23.4 Å². The van der Waals surface area contributed by atoms with Crippen molar-refractivity contribution in [2.24, 2.45) is 0 Å². The zero-order chi connectivity index (χ0) is 18.8. The number of thioether (sulfide) groups is 1. The smallest absolute Gasteiger partial charge is 0.268 e. The Bertz CT molecular complexity index is 940. The summed E-state index contributed by atoms with van der Waals surface area (Å²) >= 11 is 7.42. The molecule has 0 atom stereocenters. The van der Waals surface area contributed by atoms with E-state index in [2.05, 4.69) is 0 Å². The quantitative estimate of drug-likeness (QED) is 0.433. The number of nitro benzene ring substituents is 1. The van der Waals surface area contributed by atoms with Gasteiger partial charge in [0.05, 0.1) is 26.1 Å². The normalized spacial score (nSPS) is 14.3. The zero-order valence-electron chi connectivity index (χ0n) is 13.6. The van der Waals surface area contributed by atoms with E-state index in [-0.39, 0.29) is 11.3 Å². The molecule has 2 aromatic carbocycles. The lowest BCUT2D eigenvalue weighted by molar-refractivity contribution is -0.384. The van der Waals surface area contributed by atoms with E-state index in [0.717, 1.165) is 4.90 Å². The Hall–Kier alpha value is -2.64. The molecule has 0 radical (unpaired) electrons. The first kappa shape index (κ1) is 18.2. The van der Waals surface area contributed by atoms with Gasteiger partial charge in [0, 0.05) is 12.1 Å². The maximum Gasteiger partial charge on any atom is 0.272 e. The maximum atomic E-state index is 13.0. The summed E-state index contributed by atoms with van der Waals surface area (Å²) in [6.07, 6.45) is 0. The van der Waals surface area contributed by atoms with Gasteiger partial charge in [-0.05, 0) is 35.6 Å². The van der Waals surface area contributed by atoms with E-state index in [9.17, 15) is 19.7 Å². The lowest BCUT2D eigenvalue weighted by atomic mass is 10.1. The predicted octanol–water partition coefficient (Wildman–Crippen LogP) is 4.29. The summed E-state index contributed by atoms with van der Waals surface area (Å²) in [6.45, 7) is 1.88. The van der Waals surface area contributed by atoms with Crippen LogP contribution in [0.2, 0.25) is 5.02 Å². The lowest BCUT2D eigenvalue weighted by Gasteiger charge is -2.16. The van der Waals surface area contributed by atoms with Crippen molar-refractivity contribution >= 4 is 52.1 Å². The molecule has 3 rings (SSSR count). The molecule has 0 bridgehead atoms. The first-order valence-corrected chi connectivity index (χ1v) is 9.07. The Morgan fingerprint density at radius 1 is 1.08 bits per heavy atom. The van der Waals surface area contributed by atoms with Gasteiger partial charge in [0.15, 0.2) is 0 Å². The van der Waals surface area contributed by atoms with E-state index in [4.69, 9.17) is 11.6 Å². The average molecular weight is 389 g/mol. The molecular weight excluding hydrogens is 376 g/mol. The predicted molar refractivity (Wildman–Crippen MR) is 102 cm³/mol. The molecule has 8 heteroatoms. The summed E-state index contributed by atoms with van der Waals surface area (Å²) in [5, 5.41) is 11.1. The second-order valence-corrected chi connectivity index (χ2v) is 7.02. The zero-order valence-corrected chi connectivity index (χ0v) is 15.2. The third-order valence-corrected chi connectivity index (χ3v) is 5.07. The number of non-ortho nitro benzene ring substituents is 1. The highest BCUT2D eigenvalue weighted by Crippen LogP contribution is 2.40. The fourth-order valence-electron chi connectivity index (χ4n) is 2.64. The van der Waals surface area contributed by atoms with Gasteiger partial charge in [-0.3, -0.25) is 19.7 Å². The molecule has 0 saturated carbocycles. The molecule has 0 N–H and O–H groups in total. The average Bonchev–Trinajstić information content (AvgIpc) is 2.86. The molecule has 0 aliphatic carbocycles. The van der Waals surface area contributed by atoms with Gasteiger partial charge >= 0.3 is 0 Å². The third-order valence-electron chi connectivity index (χ3n) is 3.79. The van der Waals surface area contributed by atoms with Crippen LogP contribution in [0.25, 0.3) is 5.57 Å². The number of carbonyl (C=O) groups is 2. The van der Waals surface area contributed by atoms with Crippen LogP contribution in [0, 0.1) is 10.1 Å². The number of rotatable bonds is 5. The Balaban J connectivity index is 2.09. The van der Waals surface area contributed by atoms with Crippen LogP contribution in [0.4, 0.5) is 11.4 Å². The van der Waals surface area contributed by atoms with Crippen LogP contribution in [-0.2, 0) is 9.59 Å². The van der Waals surface area contributed by atoms with Crippen molar-refractivity contribution in [3.05, 3.63) is 74.1 Å². The number of amides is 2. The molecule has 6 nitrogen and oxygen atoms in total. The summed E-state index contributed by atoms with van der Waals surface area (Å²) in [7, 11) is 0. The molecule has 132 valence electrons. The van der Waals surface area contributed by atoms with Crippen LogP contribution in [0.1, 0.15) is 12.5 Å². The molecule has 1 aliphatic rings. The van der Waals surface area contributed by atoms with Crippen molar-refractivity contribution in [2.75, 3.05) is 10.7 Å². The van der Waals surface area contributed by atoms with E-state index in [1.54, 1.807) is 24.3 Å². The van der Waals surface area contributed by atoms with Gasteiger partial charge in [0.1, 0.15) is 0 Å². The van der Waals surface area contributed by atoms with Gasteiger partial charge in [0.25, 0.3) is 17.5 Å². The largest absolute Gasteiger partial charge is 0.272 e. The number of para-hydroxylation sites is 1. The SMILES string of the molecule is CCSC1=C(c2ccc([N+](=O)[O-])cc2)C(=O)N(c2ccccc2Cl)C1=O. The van der Waals surface area contributed by atoms with Gasteiger partial charge in [-0.2, -0.15) is 0 Å². The molecule has 0 saturated heterocycles. The standard InChI is InChI=1S/C18H13ClN2O4S/c1-2-26-16-15(11-7-9-12(10-8-11)21(24)25)17(22)20(18(16)23)14-6-4-3-5-13(14)19/h3-10H,2H2,1H3. The van der Waals surface area contributed by atoms with Gasteiger partial charge < -0.3 is 0 Å². The molecule has 0 aromatic heterocycles. The van der Waals surface area contributed by atoms with E-state index in [0.29, 0.717) is 26.9 Å². The molecule has 2 amide bonds. The number of nitrogens with zero attached hydrogens (tertiary/aromatic N) is 2. The summed E-state index contributed by atoms with van der Waals surface area (Å²) in [4.78, 5) is 37.6. The van der Waals surface area contributed by atoms with Gasteiger partial charge in [-0.15, -0.1) is 11.8 Å². The van der Waals surface area contributed by atoms with Crippen molar-refractivity contribution in [2.45, 2.75) is 6.92 Å². The van der Waals surface area contributed by atoms with Crippen molar-refractivity contribution in [3.8, 4) is 0 Å². The number of hydrogen-bond acceptors (Lipinski definition) is 5. The van der Waals surface area contributed by atoms with Crippen LogP contribution in [0.3, 0.4) is 0 Å². The van der Waals surface area contributed by atoms with E-state index < -0.39 is 16.7 Å². The number of benzene rings is 2. The summed E-state index contributed by atoms with van der Waals surface area (Å²) in [6, 6.07) is 12.2. The molecule has 0 fully saturated rings. The number of hydrogen-bond donors (Lipinski definition) is 0. The van der Waals surface area contributed by atoms with Gasteiger partial charge in [-0.25, -0.2) is 4.90 Å². The Morgan fingerprint density at radius 2 is 1.73 bits per heavy atom. The number of nitro groups is 1. The van der Waals surface area contributed by atoms with Crippen molar-refractivity contribution in [3.63, 3.8) is 0 Å². The fourth-order valence-corrected chi connectivity index (χ4v) is 3.72. The van der Waals surface area contributed by atoms with Gasteiger partial charge in [0.2, 0.25) is 0 Å². The Labute approximate surface area is 158 Å². The van der Waals surface area contributed by atoms with Crippen LogP contribution in [-0.4, -0.2) is 22.5 Å². The van der Waals surface area contributed by atoms with Crippen LogP contribution < -0.4 is 4.90 Å². The van der Waals surface area contributed by atoms with Crippen LogP contribution in [0.15, 0.2) is 53.4 Å². The number of halogens is 1. The molecule has 1 aliphatic heterocycles. The molecule has 2 aromatic rings. The second-order valence-electron chi connectivity index (χ2n) is 5.34. The Morgan fingerprint density at radius 3 is 2.31 bits per heavy atom. The summed E-state index contributed by atoms with van der Waals surface area (Å²) in [5.41, 5.74) is 0.921. The van der Waals surface area contributed by atoms with E-state index in [1.807, 2.05) is 6.92 Å². The van der Waals surface area contributed by atoms with Crippen molar-refractivity contribution in [1.82, 2.24) is 0 Å². The topological polar surface area (TPSA) is 80.5 Å². The molecule has 26 heavy (non-hydrogen) atoms. The highest BCUT2D eigenvalue weighted by molar-refractivity contribution is 8.04. The first-order valence-electron chi connectivity index (χ1n) is 7.71. The van der Waals surface area contributed by atoms with Gasteiger partial charge in [-0.1, -0.05) is 30.7 Å². The molecule has 1 heterocycles. The second kappa shape index (κ2) is 7.31. The molecule has 0 unspecified atom stereocenters. The monoisotopic (exact) mass is 388 g/mol. The lowest BCUT2D eigenvalue weighted by Crippen LogP contribution is -2.31. The Kier molecular flexibility index (Phi) is 5.11. The molecular formula is C18H13ClN2O4S. The summed E-state index contributed by atoms with van der Waals surface area (Å²) in [5.74, 6) is -0.336. The fraction of sp³-hybridized carbons (Fsp3) is 0.111. The number of imide groups is 1. The van der Waals surface area contributed by atoms with E-state index >= 15 is 0 Å². The van der Waals surface area contributed by atoms with E-state index in [1.165, 1.54) is 36.0 Å². The highest BCUT2D eigenvalue weighted by Gasteiger charge is 2.40. The highest BCUT2D eigenvalue weighted by atomic mass is 35.5. The third kappa shape index (κ3) is 3.11. The summed E-state index contributed by atoms with van der Waals surface area (Å²) < 4.78 is 0. The molecule has 0 spiro atoms.